The largest absolute Gasteiger partial charge is 0.455 e. The number of rotatable bonds is 6. The van der Waals surface area contributed by atoms with Crippen LogP contribution >= 0.6 is 0 Å². The first-order valence-corrected chi connectivity index (χ1v) is 9.84. The van der Waals surface area contributed by atoms with Gasteiger partial charge in [0.1, 0.15) is 6.10 Å². The molecule has 6 atom stereocenters. The Balaban J connectivity index is 1.91. The molecule has 3 rings (SSSR count). The van der Waals surface area contributed by atoms with E-state index in [4.69, 9.17) is 23.7 Å². The van der Waals surface area contributed by atoms with Gasteiger partial charge in [-0.05, 0) is 19.1 Å². The summed E-state index contributed by atoms with van der Waals surface area (Å²) in [6.07, 6.45) is -6.22. The van der Waals surface area contributed by atoms with Gasteiger partial charge in [-0.1, -0.05) is 0 Å². The van der Waals surface area contributed by atoms with Crippen molar-refractivity contribution in [3.63, 3.8) is 0 Å². The predicted molar refractivity (Wildman–Crippen MR) is 105 cm³/mol. The number of nitro groups is 1. The van der Waals surface area contributed by atoms with Crippen molar-refractivity contribution in [2.24, 2.45) is 0 Å². The molecule has 2 aliphatic rings. The number of nitrogens with zero attached hydrogens (tertiary/aromatic N) is 1. The Labute approximate surface area is 187 Å². The molecule has 178 valence electrons. The number of carbonyl (C=O) groups excluding carboxylic acids is 4. The molecule has 2 aliphatic heterocycles. The number of amides is 1. The van der Waals surface area contributed by atoms with Gasteiger partial charge in [0, 0.05) is 38.5 Å². The average Bonchev–Trinajstić information content (AvgIpc) is 3.01. The Kier molecular flexibility index (Phi) is 6.65. The molecule has 0 spiro atoms. The minimum absolute atomic E-state index is 0.0907. The van der Waals surface area contributed by atoms with Crippen molar-refractivity contribution in [1.29, 1.82) is 0 Å². The molecule has 2 saturated heterocycles. The van der Waals surface area contributed by atoms with Gasteiger partial charge in [0.05, 0.1) is 4.92 Å². The standard InChI is InChI=1S/C20H22N2O11/c1-9(23)29-14-15(30-10(2)24)17(31-11(3)25)20(4)32-16(14)19(33-20)21-18(26)12-5-7-13(8-6-12)22(27)28/h5-8,14-17,19H,1-4H3,(H,21,26)/t14-,15-,16+,17-,19-,20+/m0/s1. The number of benzene rings is 1. The number of nitrogens with one attached hydrogen (secondary N) is 1. The van der Waals surface area contributed by atoms with Crippen molar-refractivity contribution in [3.05, 3.63) is 39.9 Å². The molecule has 1 N–H and O–H groups in total. The van der Waals surface area contributed by atoms with Gasteiger partial charge >= 0.3 is 17.9 Å². The van der Waals surface area contributed by atoms with Crippen LogP contribution in [0.15, 0.2) is 24.3 Å². The molecule has 0 saturated carbocycles. The molecule has 1 aromatic rings. The molecule has 0 aromatic heterocycles. The monoisotopic (exact) mass is 466 g/mol. The summed E-state index contributed by atoms with van der Waals surface area (Å²) >= 11 is 0. The lowest BCUT2D eigenvalue weighted by molar-refractivity contribution is -0.384. The zero-order valence-corrected chi connectivity index (χ0v) is 18.1. The third kappa shape index (κ3) is 5.09. The Morgan fingerprint density at radius 3 is 2.00 bits per heavy atom. The van der Waals surface area contributed by atoms with E-state index < -0.39 is 65.2 Å². The Hall–Kier alpha value is -3.58. The van der Waals surface area contributed by atoms with E-state index in [1.807, 2.05) is 0 Å². The molecule has 0 radical (unpaired) electrons. The van der Waals surface area contributed by atoms with Crippen molar-refractivity contribution in [3.8, 4) is 0 Å². The molecule has 2 heterocycles. The number of fused-ring (bicyclic) bond motifs is 2. The Bertz CT molecular complexity index is 979. The molecular formula is C20H22N2O11. The quantitative estimate of drug-likeness (QED) is 0.269. The summed E-state index contributed by atoms with van der Waals surface area (Å²) in [5, 5.41) is 13.4. The number of non-ortho nitro benzene ring substituents is 1. The second-order valence-corrected chi connectivity index (χ2v) is 7.59. The van der Waals surface area contributed by atoms with Gasteiger partial charge in [-0.3, -0.25) is 29.3 Å². The average molecular weight is 466 g/mol. The second kappa shape index (κ2) is 9.11. The van der Waals surface area contributed by atoms with E-state index in [0.29, 0.717) is 0 Å². The Morgan fingerprint density at radius 1 is 0.939 bits per heavy atom. The summed E-state index contributed by atoms with van der Waals surface area (Å²) < 4.78 is 27.6. The smallest absolute Gasteiger partial charge is 0.303 e. The summed E-state index contributed by atoms with van der Waals surface area (Å²) in [5.41, 5.74) is -0.105. The van der Waals surface area contributed by atoms with Crippen LogP contribution in [-0.2, 0) is 38.1 Å². The van der Waals surface area contributed by atoms with Crippen LogP contribution in [0.3, 0.4) is 0 Å². The minimum Gasteiger partial charge on any atom is -0.455 e. The summed E-state index contributed by atoms with van der Waals surface area (Å²) in [6, 6.07) is 4.83. The zero-order chi connectivity index (χ0) is 24.5. The molecule has 0 unspecified atom stereocenters. The van der Waals surface area contributed by atoms with Crippen LogP contribution in [0.2, 0.25) is 0 Å². The first kappa shape index (κ1) is 24.1. The second-order valence-electron chi connectivity index (χ2n) is 7.59. The SMILES string of the molecule is CC(=O)O[C@@H]1[C@H]2O[C@](C)(O[C@@H]2NC(=O)c2ccc([N+](=O)[O-])cc2)[C@@H](OC(C)=O)[C@H]1OC(C)=O. The van der Waals surface area contributed by atoms with E-state index in [2.05, 4.69) is 5.32 Å². The van der Waals surface area contributed by atoms with E-state index in [9.17, 15) is 29.3 Å². The van der Waals surface area contributed by atoms with Gasteiger partial charge < -0.3 is 29.0 Å². The lowest BCUT2D eigenvalue weighted by Crippen LogP contribution is -2.63. The zero-order valence-electron chi connectivity index (χ0n) is 18.1. The van der Waals surface area contributed by atoms with E-state index in [1.165, 1.54) is 19.1 Å². The van der Waals surface area contributed by atoms with Crippen molar-refractivity contribution < 1.29 is 47.8 Å². The van der Waals surface area contributed by atoms with Gasteiger partial charge in [-0.15, -0.1) is 0 Å². The van der Waals surface area contributed by atoms with Crippen LogP contribution < -0.4 is 5.32 Å². The molecule has 33 heavy (non-hydrogen) atoms. The van der Waals surface area contributed by atoms with E-state index in [0.717, 1.165) is 32.9 Å². The van der Waals surface area contributed by atoms with Crippen molar-refractivity contribution in [2.45, 2.75) is 64.1 Å². The summed E-state index contributed by atoms with van der Waals surface area (Å²) in [5.74, 6) is -4.52. The van der Waals surface area contributed by atoms with Crippen LogP contribution in [0.5, 0.6) is 0 Å². The third-order valence-corrected chi connectivity index (χ3v) is 5.00. The lowest BCUT2D eigenvalue weighted by Gasteiger charge is -2.43. The molecule has 0 aliphatic carbocycles. The highest BCUT2D eigenvalue weighted by Gasteiger charge is 2.66. The van der Waals surface area contributed by atoms with Crippen LogP contribution in [0.1, 0.15) is 38.1 Å². The molecule has 2 bridgehead atoms. The van der Waals surface area contributed by atoms with E-state index in [-0.39, 0.29) is 11.3 Å². The van der Waals surface area contributed by atoms with Crippen molar-refractivity contribution >= 4 is 29.5 Å². The van der Waals surface area contributed by atoms with Gasteiger partial charge in [-0.25, -0.2) is 0 Å². The highest BCUT2D eigenvalue weighted by atomic mass is 16.8. The highest BCUT2D eigenvalue weighted by molar-refractivity contribution is 5.94. The van der Waals surface area contributed by atoms with Crippen molar-refractivity contribution in [2.75, 3.05) is 0 Å². The number of nitro benzene ring substituents is 1. The van der Waals surface area contributed by atoms with Crippen molar-refractivity contribution in [1.82, 2.24) is 5.32 Å². The number of esters is 3. The van der Waals surface area contributed by atoms with Crippen LogP contribution in [-0.4, -0.2) is 65.2 Å². The van der Waals surface area contributed by atoms with Gasteiger partial charge in [0.25, 0.3) is 11.6 Å². The highest BCUT2D eigenvalue weighted by Crippen LogP contribution is 2.43. The predicted octanol–water partition coefficient (Wildman–Crippen LogP) is 0.591. The fraction of sp³-hybridized carbons (Fsp3) is 0.500. The minimum atomic E-state index is -1.65. The van der Waals surface area contributed by atoms with Crippen LogP contribution in [0.4, 0.5) is 5.69 Å². The molecule has 13 nitrogen and oxygen atoms in total. The Morgan fingerprint density at radius 2 is 1.48 bits per heavy atom. The molecule has 1 amide bonds. The maximum absolute atomic E-state index is 12.7. The van der Waals surface area contributed by atoms with E-state index >= 15 is 0 Å². The topological polar surface area (TPSA) is 170 Å². The summed E-state index contributed by atoms with van der Waals surface area (Å²) in [4.78, 5) is 58.1. The molecule has 2 fully saturated rings. The van der Waals surface area contributed by atoms with Gasteiger partial charge in [0.2, 0.25) is 5.79 Å². The number of hydrogen-bond donors (Lipinski definition) is 1. The first-order chi connectivity index (χ1) is 15.4. The number of ether oxygens (including phenoxy) is 5. The van der Waals surface area contributed by atoms with Gasteiger partial charge in [-0.2, -0.15) is 0 Å². The molecule has 1 aromatic carbocycles. The first-order valence-electron chi connectivity index (χ1n) is 9.84. The van der Waals surface area contributed by atoms with E-state index in [1.54, 1.807) is 0 Å². The lowest BCUT2D eigenvalue weighted by atomic mass is 9.94. The molecule has 13 heteroatoms. The molecular weight excluding hydrogens is 444 g/mol. The summed E-state index contributed by atoms with van der Waals surface area (Å²) in [7, 11) is 0. The van der Waals surface area contributed by atoms with Gasteiger partial charge in [0.15, 0.2) is 24.5 Å². The number of hydrogen-bond acceptors (Lipinski definition) is 11. The maximum Gasteiger partial charge on any atom is 0.303 e. The fourth-order valence-corrected chi connectivity index (χ4v) is 3.77. The maximum atomic E-state index is 12.7. The summed E-state index contributed by atoms with van der Waals surface area (Å²) in [6.45, 7) is 4.81. The fourth-order valence-electron chi connectivity index (χ4n) is 3.77. The third-order valence-electron chi connectivity index (χ3n) is 5.00. The van der Waals surface area contributed by atoms with Crippen LogP contribution in [0, 0.1) is 10.1 Å². The van der Waals surface area contributed by atoms with Crippen LogP contribution in [0.25, 0.3) is 0 Å². The normalized spacial score (nSPS) is 30.1. The number of carbonyl (C=O) groups is 4.